The highest BCUT2D eigenvalue weighted by atomic mass is 32.2. The summed E-state index contributed by atoms with van der Waals surface area (Å²) in [4.78, 5) is 0.128. The van der Waals surface area contributed by atoms with Gasteiger partial charge in [0.25, 0.3) is 0 Å². The van der Waals surface area contributed by atoms with Crippen LogP contribution < -0.4 is 16.2 Å². The minimum atomic E-state index is -3.63. The predicted octanol–water partition coefficient (Wildman–Crippen LogP) is 2.54. The number of rotatable bonds is 4. The van der Waals surface area contributed by atoms with E-state index in [0.717, 1.165) is 12.8 Å². The number of aromatic nitrogens is 2. The Hall–Kier alpha value is -2.13. The van der Waals surface area contributed by atoms with Crippen LogP contribution in [0.2, 0.25) is 0 Å². The van der Waals surface area contributed by atoms with E-state index in [-0.39, 0.29) is 28.0 Å². The molecule has 0 radical (unpaired) electrons. The largest absolute Gasteiger partial charge is 0.424 e. The van der Waals surface area contributed by atoms with Crippen LogP contribution in [0.3, 0.4) is 0 Å². The molecule has 0 unspecified atom stereocenters. The van der Waals surface area contributed by atoms with E-state index in [2.05, 4.69) is 14.9 Å². The fraction of sp³-hybridized carbons (Fsp3) is 0.556. The maximum absolute atomic E-state index is 12.6. The third-order valence-corrected chi connectivity index (χ3v) is 6.37. The average molecular weight is 394 g/mol. The van der Waals surface area contributed by atoms with Crippen molar-refractivity contribution in [3.8, 4) is 0 Å². The summed E-state index contributed by atoms with van der Waals surface area (Å²) < 4.78 is 33.8. The highest BCUT2D eigenvalue weighted by Gasteiger charge is 2.30. The second-order valence-corrected chi connectivity index (χ2v) is 9.87. The van der Waals surface area contributed by atoms with Crippen molar-refractivity contribution in [3.05, 3.63) is 30.0 Å². The van der Waals surface area contributed by atoms with Crippen molar-refractivity contribution >= 4 is 21.4 Å². The summed E-state index contributed by atoms with van der Waals surface area (Å²) in [6, 6.07) is 4.22. The molecule has 1 saturated carbocycles. The number of nitrogens with zero attached hydrogens (tertiary/aromatic N) is 2. The van der Waals surface area contributed by atoms with Gasteiger partial charge >= 0.3 is 0 Å². The number of nitrogens with two attached hydrogens (primary N) is 2. The van der Waals surface area contributed by atoms with Crippen molar-refractivity contribution in [2.45, 2.75) is 68.7 Å². The van der Waals surface area contributed by atoms with Crippen LogP contribution in [-0.4, -0.2) is 24.7 Å². The van der Waals surface area contributed by atoms with E-state index in [1.807, 2.05) is 20.8 Å². The van der Waals surface area contributed by atoms with E-state index < -0.39 is 10.0 Å². The zero-order chi connectivity index (χ0) is 19.8. The number of anilines is 2. The smallest absolute Gasteiger partial charge is 0.240 e. The fourth-order valence-corrected chi connectivity index (χ4v) is 4.51. The van der Waals surface area contributed by atoms with Crippen molar-refractivity contribution in [2.75, 3.05) is 11.5 Å². The lowest BCUT2D eigenvalue weighted by molar-refractivity contribution is 0.304. The van der Waals surface area contributed by atoms with Gasteiger partial charge in [0.2, 0.25) is 21.8 Å². The van der Waals surface area contributed by atoms with Crippen LogP contribution in [0.5, 0.6) is 0 Å². The second kappa shape index (κ2) is 7.12. The fourth-order valence-electron chi connectivity index (χ4n) is 3.17. The predicted molar refractivity (Wildman–Crippen MR) is 104 cm³/mol. The first-order valence-corrected chi connectivity index (χ1v) is 10.6. The number of hydrogen-bond donors (Lipinski definition) is 3. The molecule has 3 rings (SSSR count). The Morgan fingerprint density at radius 3 is 2.30 bits per heavy atom. The third kappa shape index (κ3) is 4.41. The lowest BCUT2D eigenvalue weighted by atomic mass is 9.86. The zero-order valence-corrected chi connectivity index (χ0v) is 16.7. The molecule has 27 heavy (non-hydrogen) atoms. The topological polar surface area (TPSA) is 137 Å². The molecular formula is C18H27N5O3S. The molecular weight excluding hydrogens is 366 g/mol. The standard InChI is InChI=1S/C18H27N5O3S/c1-18(2,3)17-22-21-16(26-17)11-4-6-12(7-5-11)23-27(24,25)13-8-9-14(19)15(20)10-13/h8-12,23H,4-7,19-20H2,1-3H3. The van der Waals surface area contributed by atoms with Gasteiger partial charge in [-0.05, 0) is 43.9 Å². The van der Waals surface area contributed by atoms with Crippen LogP contribution in [0.15, 0.2) is 27.5 Å². The van der Waals surface area contributed by atoms with E-state index in [1.165, 1.54) is 18.2 Å². The molecule has 1 fully saturated rings. The zero-order valence-electron chi connectivity index (χ0n) is 15.9. The molecule has 2 aromatic rings. The molecule has 0 aliphatic heterocycles. The van der Waals surface area contributed by atoms with Crippen molar-refractivity contribution in [1.29, 1.82) is 0 Å². The molecule has 1 aromatic heterocycles. The summed E-state index contributed by atoms with van der Waals surface area (Å²) in [5, 5.41) is 8.34. The van der Waals surface area contributed by atoms with Gasteiger partial charge in [-0.2, -0.15) is 0 Å². The quantitative estimate of drug-likeness (QED) is 0.679. The van der Waals surface area contributed by atoms with E-state index in [1.54, 1.807) is 0 Å². The number of sulfonamides is 1. The first-order valence-electron chi connectivity index (χ1n) is 9.07. The van der Waals surface area contributed by atoms with Gasteiger partial charge in [-0.3, -0.25) is 0 Å². The Kier molecular flexibility index (Phi) is 5.18. The van der Waals surface area contributed by atoms with Crippen molar-refractivity contribution in [1.82, 2.24) is 14.9 Å². The average Bonchev–Trinajstić information content (AvgIpc) is 3.08. The normalized spacial score (nSPS) is 21.3. The lowest BCUT2D eigenvalue weighted by Crippen LogP contribution is -2.37. The van der Waals surface area contributed by atoms with E-state index in [0.29, 0.717) is 30.3 Å². The highest BCUT2D eigenvalue weighted by Crippen LogP contribution is 2.34. The van der Waals surface area contributed by atoms with Crippen LogP contribution in [0.1, 0.15) is 64.2 Å². The summed E-state index contributed by atoms with van der Waals surface area (Å²) in [6.07, 6.45) is 3.01. The lowest BCUT2D eigenvalue weighted by Gasteiger charge is -2.27. The van der Waals surface area contributed by atoms with E-state index in [4.69, 9.17) is 15.9 Å². The van der Waals surface area contributed by atoms with Crippen LogP contribution in [0, 0.1) is 0 Å². The molecule has 1 heterocycles. The molecule has 148 valence electrons. The maximum atomic E-state index is 12.6. The molecule has 0 bridgehead atoms. The molecule has 1 aliphatic carbocycles. The van der Waals surface area contributed by atoms with Gasteiger partial charge in [0.1, 0.15) is 0 Å². The molecule has 0 spiro atoms. The molecule has 5 N–H and O–H groups in total. The van der Waals surface area contributed by atoms with Gasteiger partial charge in [-0.1, -0.05) is 20.8 Å². The maximum Gasteiger partial charge on any atom is 0.240 e. The minimum absolute atomic E-state index is 0.128. The van der Waals surface area contributed by atoms with Gasteiger partial charge < -0.3 is 15.9 Å². The Bertz CT molecular complexity index is 909. The van der Waals surface area contributed by atoms with Gasteiger partial charge in [0.05, 0.1) is 16.3 Å². The molecule has 0 atom stereocenters. The monoisotopic (exact) mass is 393 g/mol. The van der Waals surface area contributed by atoms with Crippen molar-refractivity contribution in [3.63, 3.8) is 0 Å². The number of nitrogen functional groups attached to an aromatic ring is 2. The molecule has 0 saturated heterocycles. The van der Waals surface area contributed by atoms with Crippen LogP contribution in [-0.2, 0) is 15.4 Å². The van der Waals surface area contributed by atoms with E-state index >= 15 is 0 Å². The van der Waals surface area contributed by atoms with Crippen LogP contribution >= 0.6 is 0 Å². The third-order valence-electron chi connectivity index (χ3n) is 4.85. The van der Waals surface area contributed by atoms with Gasteiger partial charge in [0, 0.05) is 17.4 Å². The van der Waals surface area contributed by atoms with Crippen molar-refractivity contribution < 1.29 is 12.8 Å². The summed E-state index contributed by atoms with van der Waals surface area (Å²) in [6.45, 7) is 6.08. The Morgan fingerprint density at radius 2 is 1.74 bits per heavy atom. The van der Waals surface area contributed by atoms with Crippen LogP contribution in [0.25, 0.3) is 0 Å². The molecule has 0 amide bonds. The molecule has 8 nitrogen and oxygen atoms in total. The first kappa shape index (κ1) is 19.6. The van der Waals surface area contributed by atoms with Crippen LogP contribution in [0.4, 0.5) is 11.4 Å². The Balaban J connectivity index is 1.62. The minimum Gasteiger partial charge on any atom is -0.424 e. The second-order valence-electron chi connectivity index (χ2n) is 8.16. The van der Waals surface area contributed by atoms with Crippen molar-refractivity contribution in [2.24, 2.45) is 0 Å². The Morgan fingerprint density at radius 1 is 1.07 bits per heavy atom. The Labute approximate surface area is 159 Å². The summed E-state index contributed by atoms with van der Waals surface area (Å²) in [5.41, 5.74) is 11.8. The van der Waals surface area contributed by atoms with Gasteiger partial charge in [-0.25, -0.2) is 13.1 Å². The van der Waals surface area contributed by atoms with Gasteiger partial charge in [0.15, 0.2) is 0 Å². The summed E-state index contributed by atoms with van der Waals surface area (Å²) in [5.74, 6) is 1.44. The number of benzene rings is 1. The number of hydrogen-bond acceptors (Lipinski definition) is 7. The molecule has 9 heteroatoms. The molecule has 1 aromatic carbocycles. The highest BCUT2D eigenvalue weighted by molar-refractivity contribution is 7.89. The summed E-state index contributed by atoms with van der Waals surface area (Å²) in [7, 11) is -3.63. The number of nitrogens with one attached hydrogen (secondary N) is 1. The van der Waals surface area contributed by atoms with Gasteiger partial charge in [-0.15, -0.1) is 10.2 Å². The summed E-state index contributed by atoms with van der Waals surface area (Å²) >= 11 is 0. The first-order chi connectivity index (χ1) is 12.6. The molecule has 1 aliphatic rings. The van der Waals surface area contributed by atoms with E-state index in [9.17, 15) is 8.42 Å². The SMILES string of the molecule is CC(C)(C)c1nnc(C2CCC(NS(=O)(=O)c3ccc(N)c(N)c3)CC2)o1.